The van der Waals surface area contributed by atoms with E-state index in [2.05, 4.69) is 15.3 Å². The molecule has 1 fully saturated rings. The summed E-state index contributed by atoms with van der Waals surface area (Å²) in [6.45, 7) is 5.71. The molecule has 16 heavy (non-hydrogen) atoms. The van der Waals surface area contributed by atoms with E-state index < -0.39 is 0 Å². The summed E-state index contributed by atoms with van der Waals surface area (Å²) < 4.78 is 0. The van der Waals surface area contributed by atoms with Crippen LogP contribution in [0.1, 0.15) is 30.7 Å². The van der Waals surface area contributed by atoms with Crippen LogP contribution in [0.25, 0.3) is 0 Å². The van der Waals surface area contributed by atoms with Crippen molar-refractivity contribution in [3.8, 4) is 0 Å². The van der Waals surface area contributed by atoms with E-state index in [-0.39, 0.29) is 0 Å². The van der Waals surface area contributed by atoms with Crippen molar-refractivity contribution in [2.24, 2.45) is 11.1 Å². The standard InChI is InChI=1S/C12H20N4/c1-9-7-10(2)16-11(15-9)14-8-12(3-4-12)5-6-13/h7H,3-6,8,13H2,1-2H3,(H,14,15,16). The van der Waals surface area contributed by atoms with Crippen LogP contribution < -0.4 is 11.1 Å². The zero-order chi connectivity index (χ0) is 11.6. The number of aromatic nitrogens is 2. The van der Waals surface area contributed by atoms with E-state index >= 15 is 0 Å². The third-order valence-corrected chi connectivity index (χ3v) is 3.24. The van der Waals surface area contributed by atoms with Gasteiger partial charge in [0.1, 0.15) is 0 Å². The summed E-state index contributed by atoms with van der Waals surface area (Å²) in [5.74, 6) is 0.751. The first-order chi connectivity index (χ1) is 7.63. The van der Waals surface area contributed by atoms with Crippen molar-refractivity contribution in [1.82, 2.24) is 9.97 Å². The second-order valence-electron chi connectivity index (χ2n) is 4.87. The van der Waals surface area contributed by atoms with Gasteiger partial charge in [-0.25, -0.2) is 9.97 Å². The fraction of sp³-hybridized carbons (Fsp3) is 0.667. The average molecular weight is 220 g/mol. The molecule has 0 radical (unpaired) electrons. The Morgan fingerprint density at radius 1 is 1.31 bits per heavy atom. The van der Waals surface area contributed by atoms with Crippen molar-refractivity contribution in [2.75, 3.05) is 18.4 Å². The van der Waals surface area contributed by atoms with Crippen LogP contribution in [-0.4, -0.2) is 23.1 Å². The number of anilines is 1. The molecule has 2 rings (SSSR count). The second-order valence-corrected chi connectivity index (χ2v) is 4.87. The molecule has 1 saturated carbocycles. The van der Waals surface area contributed by atoms with Gasteiger partial charge in [-0.1, -0.05) is 0 Å². The van der Waals surface area contributed by atoms with E-state index in [1.165, 1.54) is 12.8 Å². The van der Waals surface area contributed by atoms with Gasteiger partial charge in [-0.3, -0.25) is 0 Å². The van der Waals surface area contributed by atoms with Gasteiger partial charge in [0.2, 0.25) is 5.95 Å². The molecule has 4 heteroatoms. The number of nitrogens with zero attached hydrogens (tertiary/aromatic N) is 2. The molecule has 3 N–H and O–H groups in total. The molecule has 0 spiro atoms. The fourth-order valence-corrected chi connectivity index (χ4v) is 2.07. The van der Waals surface area contributed by atoms with Gasteiger partial charge in [0.25, 0.3) is 0 Å². The Morgan fingerprint density at radius 2 is 1.94 bits per heavy atom. The molecule has 0 aliphatic heterocycles. The summed E-state index contributed by atoms with van der Waals surface area (Å²) in [6, 6.07) is 1.98. The molecule has 1 aromatic rings. The predicted octanol–water partition coefficient (Wildman–Crippen LogP) is 1.63. The van der Waals surface area contributed by atoms with Gasteiger partial charge in [-0.2, -0.15) is 0 Å². The minimum atomic E-state index is 0.426. The molecule has 1 heterocycles. The summed E-state index contributed by atoms with van der Waals surface area (Å²) in [7, 11) is 0. The largest absolute Gasteiger partial charge is 0.354 e. The monoisotopic (exact) mass is 220 g/mol. The molecule has 0 unspecified atom stereocenters. The Bertz CT molecular complexity index is 351. The highest BCUT2D eigenvalue weighted by molar-refractivity contribution is 5.28. The minimum Gasteiger partial charge on any atom is -0.354 e. The topological polar surface area (TPSA) is 63.8 Å². The summed E-state index contributed by atoms with van der Waals surface area (Å²) in [5, 5.41) is 3.34. The molecule has 0 bridgehead atoms. The molecule has 0 amide bonds. The van der Waals surface area contributed by atoms with Crippen molar-refractivity contribution in [1.29, 1.82) is 0 Å². The van der Waals surface area contributed by atoms with E-state index in [1.807, 2.05) is 19.9 Å². The number of nitrogens with two attached hydrogens (primary N) is 1. The van der Waals surface area contributed by atoms with Crippen LogP contribution in [0.2, 0.25) is 0 Å². The number of hydrogen-bond acceptors (Lipinski definition) is 4. The van der Waals surface area contributed by atoms with Crippen LogP contribution in [0.5, 0.6) is 0 Å². The molecule has 1 aromatic heterocycles. The molecule has 0 aromatic carbocycles. The van der Waals surface area contributed by atoms with Crippen molar-refractivity contribution in [3.63, 3.8) is 0 Å². The molecule has 4 nitrogen and oxygen atoms in total. The van der Waals surface area contributed by atoms with Gasteiger partial charge in [-0.05, 0) is 51.1 Å². The highest BCUT2D eigenvalue weighted by atomic mass is 15.1. The summed E-state index contributed by atoms with van der Waals surface area (Å²) in [5.41, 5.74) is 8.06. The Balaban J connectivity index is 1.94. The Hall–Kier alpha value is -1.16. The SMILES string of the molecule is Cc1cc(C)nc(NCC2(CCN)CC2)n1. The van der Waals surface area contributed by atoms with Crippen LogP contribution in [0.3, 0.4) is 0 Å². The fourth-order valence-electron chi connectivity index (χ4n) is 2.07. The van der Waals surface area contributed by atoms with E-state index in [1.54, 1.807) is 0 Å². The summed E-state index contributed by atoms with van der Waals surface area (Å²) >= 11 is 0. The maximum Gasteiger partial charge on any atom is 0.223 e. The van der Waals surface area contributed by atoms with Crippen LogP contribution >= 0.6 is 0 Å². The van der Waals surface area contributed by atoms with E-state index in [0.29, 0.717) is 5.41 Å². The molecular weight excluding hydrogens is 200 g/mol. The molecule has 0 atom stereocenters. The number of rotatable bonds is 5. The second kappa shape index (κ2) is 4.37. The van der Waals surface area contributed by atoms with Gasteiger partial charge >= 0.3 is 0 Å². The number of aryl methyl sites for hydroxylation is 2. The third-order valence-electron chi connectivity index (χ3n) is 3.24. The summed E-state index contributed by atoms with van der Waals surface area (Å²) in [6.07, 6.45) is 3.66. The van der Waals surface area contributed by atoms with E-state index in [9.17, 15) is 0 Å². The number of nitrogens with one attached hydrogen (secondary N) is 1. The lowest BCUT2D eigenvalue weighted by Gasteiger charge is -2.15. The minimum absolute atomic E-state index is 0.426. The smallest absolute Gasteiger partial charge is 0.223 e. The first kappa shape index (κ1) is 11.3. The quantitative estimate of drug-likeness (QED) is 0.791. The van der Waals surface area contributed by atoms with Crippen molar-refractivity contribution < 1.29 is 0 Å². The Kier molecular flexibility index (Phi) is 3.10. The normalized spacial score (nSPS) is 17.2. The summed E-state index contributed by atoms with van der Waals surface area (Å²) in [4.78, 5) is 8.74. The lowest BCUT2D eigenvalue weighted by Crippen LogP contribution is -2.20. The predicted molar refractivity (Wildman–Crippen MR) is 65.3 cm³/mol. The third kappa shape index (κ3) is 2.70. The zero-order valence-corrected chi connectivity index (χ0v) is 10.1. The van der Waals surface area contributed by atoms with Gasteiger partial charge in [0, 0.05) is 17.9 Å². The van der Waals surface area contributed by atoms with Gasteiger partial charge in [0.15, 0.2) is 0 Å². The maximum absolute atomic E-state index is 5.61. The molecular formula is C12H20N4. The lowest BCUT2D eigenvalue weighted by atomic mass is 10.0. The molecule has 0 saturated heterocycles. The van der Waals surface area contributed by atoms with E-state index in [0.717, 1.165) is 36.8 Å². The van der Waals surface area contributed by atoms with Crippen LogP contribution in [0.4, 0.5) is 5.95 Å². The van der Waals surface area contributed by atoms with E-state index in [4.69, 9.17) is 5.73 Å². The van der Waals surface area contributed by atoms with Crippen molar-refractivity contribution in [2.45, 2.75) is 33.1 Å². The number of hydrogen-bond donors (Lipinski definition) is 2. The highest BCUT2D eigenvalue weighted by Crippen LogP contribution is 2.48. The lowest BCUT2D eigenvalue weighted by molar-refractivity contribution is 0.499. The van der Waals surface area contributed by atoms with Crippen molar-refractivity contribution in [3.05, 3.63) is 17.5 Å². The Morgan fingerprint density at radius 3 is 2.44 bits per heavy atom. The van der Waals surface area contributed by atoms with Crippen LogP contribution in [-0.2, 0) is 0 Å². The average Bonchev–Trinajstić information content (AvgIpc) is 2.95. The first-order valence-electron chi connectivity index (χ1n) is 5.90. The van der Waals surface area contributed by atoms with Crippen molar-refractivity contribution >= 4 is 5.95 Å². The zero-order valence-electron chi connectivity index (χ0n) is 10.1. The van der Waals surface area contributed by atoms with Crippen LogP contribution in [0.15, 0.2) is 6.07 Å². The van der Waals surface area contributed by atoms with Gasteiger partial charge in [0.05, 0.1) is 0 Å². The molecule has 88 valence electrons. The van der Waals surface area contributed by atoms with Gasteiger partial charge < -0.3 is 11.1 Å². The molecule has 1 aliphatic carbocycles. The Labute approximate surface area is 96.7 Å². The first-order valence-corrected chi connectivity index (χ1v) is 5.90. The maximum atomic E-state index is 5.61. The highest BCUT2D eigenvalue weighted by Gasteiger charge is 2.41. The van der Waals surface area contributed by atoms with Gasteiger partial charge in [-0.15, -0.1) is 0 Å². The van der Waals surface area contributed by atoms with Crippen LogP contribution in [0, 0.1) is 19.3 Å². The molecule has 1 aliphatic rings.